The molecule has 4 aliphatic rings. The largest absolute Gasteiger partial charge is 1.00 e. The number of rotatable bonds is 28. The Hall–Kier alpha value is -7.06. The number of ether oxygens (including phenoxy) is 12. The average Bonchev–Trinajstić information content (AvgIpc) is 1.68. The Morgan fingerprint density at radius 3 is 1.10 bits per heavy atom. The third-order valence-electron chi connectivity index (χ3n) is 17.6. The number of anilines is 3. The molecule has 0 bridgehead atoms. The predicted octanol–water partition coefficient (Wildman–Crippen LogP) is 2.30. The van der Waals surface area contributed by atoms with Gasteiger partial charge in [0.15, 0.2) is 24.9 Å². The monoisotopic (exact) mass is 1460 g/mol. The van der Waals surface area contributed by atoms with Crippen LogP contribution in [0, 0.1) is 23.7 Å². The first kappa shape index (κ1) is 88.3. The van der Waals surface area contributed by atoms with Gasteiger partial charge in [-0.25, -0.2) is 19.2 Å². The van der Waals surface area contributed by atoms with E-state index in [9.17, 15) is 38.7 Å². The van der Waals surface area contributed by atoms with Crippen LogP contribution in [0.1, 0.15) is 121 Å². The maximum atomic E-state index is 12.7. The Bertz CT molecular complexity index is 3650. The quantitative estimate of drug-likeness (QED) is 0.0347. The molecule has 4 aliphatic heterocycles. The van der Waals surface area contributed by atoms with Crippen LogP contribution < -0.4 is 74.2 Å². The number of nitrogens with one attached hydrogen (secondary N) is 3. The van der Waals surface area contributed by atoms with E-state index in [1.165, 1.54) is 42.8 Å². The van der Waals surface area contributed by atoms with E-state index in [0.29, 0.717) is 64.0 Å². The van der Waals surface area contributed by atoms with Gasteiger partial charge in [0.05, 0.1) is 83.9 Å². The third-order valence-corrected chi connectivity index (χ3v) is 17.6. The molecule has 4 fully saturated rings. The van der Waals surface area contributed by atoms with Crippen LogP contribution in [0.15, 0.2) is 134 Å². The fraction of sp³-hybridized carbons (Fsp3) is 0.571. The van der Waals surface area contributed by atoms with Gasteiger partial charge >= 0.3 is 52.3 Å². The summed E-state index contributed by atoms with van der Waals surface area (Å²) in [6.45, 7) is 17.5. The number of nitrogens with zero attached hydrogens (tertiary/aromatic N) is 7. The van der Waals surface area contributed by atoms with Crippen molar-refractivity contribution in [2.75, 3.05) is 104 Å². The molecule has 0 aliphatic carbocycles. The standard InChI is InChI=1S/C21H27N3O5.C20H25N3O6.C14H23N3O4.C14H22N2O5.CH4.Na.H2O/c1-4-16-14(2)18(28-13-12-27-3)20(29-16)24-11-10-17(23-21(24)26)22-19(25)15-8-6-5-7-9-15;1-13-15(12-24)29-19(17(13)28-11-10-27-2)23-9-8-16(22-20(23)26)21-18(25)14-6-4-3-5-7-14;1-4-10-9(2)12(20-8-7-19-3)13(21-10)17-6-5-11(15)16-14(17)18;1-4-10-9(2)12(20-8-7-19-3)13(21-10)16-6-5-11(17)15-14(16)18;;;/h5-11,14,16,18,20H,4,12-13H2,1-3H3,(H,22,23,25,26);3-9,13,15,17,19,24H,10-12H2,1-2H3,(H,21,22,25,26);5-6,9-10,12-13H,4,7-8H2,1-3H3,(H2,15,16,18);5-6,9-10,12-13H,4,7-8H2,1-3H3,(H,15,17,18);1H4;;1H2/q;;;;;+1;/p-1/t14-,16-,18-,20-;13-,15-,17-,19-;2*9-,10-,12-,13-;;;/m1111.../s1. The zero-order valence-electron chi connectivity index (χ0n) is 60.0. The number of benzene rings is 2. The molecule has 2 aromatic carbocycles. The minimum Gasteiger partial charge on any atom is -0.870 e. The molecule has 7 N–H and O–H groups in total. The summed E-state index contributed by atoms with van der Waals surface area (Å²) in [7, 11) is 6.42. The van der Waals surface area contributed by atoms with Gasteiger partial charge in [-0.1, -0.05) is 92.3 Å². The van der Waals surface area contributed by atoms with Crippen LogP contribution in [0.4, 0.5) is 17.5 Å². The van der Waals surface area contributed by atoms with Gasteiger partial charge in [-0.15, -0.1) is 0 Å². The molecule has 6 aromatic rings. The fourth-order valence-corrected chi connectivity index (χ4v) is 12.1. The summed E-state index contributed by atoms with van der Waals surface area (Å²) >= 11 is 0. The molecule has 564 valence electrons. The number of methoxy groups -OCH3 is 4. The first-order valence-electron chi connectivity index (χ1n) is 33.5. The van der Waals surface area contributed by atoms with Crippen molar-refractivity contribution in [3.63, 3.8) is 0 Å². The topological polar surface area (TPSA) is 405 Å². The van der Waals surface area contributed by atoms with Crippen LogP contribution in [-0.2, 0) is 56.8 Å². The number of hydrogen-bond acceptors (Lipinski definition) is 25. The number of carbonyl (C=O) groups excluding carboxylic acids is 2. The average molecular weight is 1460 g/mol. The second-order valence-electron chi connectivity index (χ2n) is 24.1. The summed E-state index contributed by atoms with van der Waals surface area (Å²) < 4.78 is 73.0. The molecule has 32 nitrogen and oxygen atoms in total. The summed E-state index contributed by atoms with van der Waals surface area (Å²) in [6.07, 6.45) is 4.68. The van der Waals surface area contributed by atoms with Gasteiger partial charge in [0.2, 0.25) is 0 Å². The minimum atomic E-state index is -0.738. The van der Waals surface area contributed by atoms with E-state index in [2.05, 4.69) is 51.3 Å². The van der Waals surface area contributed by atoms with Gasteiger partial charge in [-0.05, 0) is 61.7 Å². The molecular weight excluding hydrogens is 1350 g/mol. The van der Waals surface area contributed by atoms with Crippen LogP contribution in [-0.4, -0.2) is 197 Å². The molecular formula is C70H102N11NaO21. The predicted molar refractivity (Wildman–Crippen MR) is 375 cm³/mol. The number of H-pyrrole nitrogens is 1. The number of nitrogens with two attached hydrogens (primary N) is 1. The number of hydrogen-bond donors (Lipinski definition) is 5. The van der Waals surface area contributed by atoms with Crippen molar-refractivity contribution in [1.29, 1.82) is 0 Å². The Morgan fingerprint density at radius 1 is 0.476 bits per heavy atom. The van der Waals surface area contributed by atoms with Gasteiger partial charge < -0.3 is 83.8 Å². The molecule has 103 heavy (non-hydrogen) atoms. The van der Waals surface area contributed by atoms with E-state index in [1.807, 2.05) is 39.8 Å². The molecule has 0 spiro atoms. The van der Waals surface area contributed by atoms with Gasteiger partial charge in [-0.2, -0.15) is 15.0 Å². The number of aromatic nitrogens is 8. The number of carbonyl (C=O) groups is 2. The van der Waals surface area contributed by atoms with Crippen molar-refractivity contribution in [2.45, 2.75) is 149 Å². The molecule has 0 radical (unpaired) electrons. The number of aliphatic hydroxyl groups excluding tert-OH is 1. The summed E-state index contributed by atoms with van der Waals surface area (Å²) in [5.74, 6) is 0.160. The van der Waals surface area contributed by atoms with Gasteiger partial charge in [0.25, 0.3) is 17.4 Å². The smallest absolute Gasteiger partial charge is 0.870 e. The van der Waals surface area contributed by atoms with Crippen molar-refractivity contribution in [2.24, 2.45) is 23.7 Å². The summed E-state index contributed by atoms with van der Waals surface area (Å²) in [5, 5.41) is 14.8. The molecule has 33 heteroatoms. The zero-order chi connectivity index (χ0) is 72.4. The van der Waals surface area contributed by atoms with E-state index in [1.54, 1.807) is 101 Å². The van der Waals surface area contributed by atoms with E-state index in [-0.39, 0.29) is 139 Å². The zero-order valence-corrected chi connectivity index (χ0v) is 62.0. The van der Waals surface area contributed by atoms with Crippen LogP contribution in [0.5, 0.6) is 0 Å². The Kier molecular flexibility index (Phi) is 38.3. The van der Waals surface area contributed by atoms with Crippen molar-refractivity contribution in [3.05, 3.63) is 173 Å². The number of nitrogen functional groups attached to an aromatic ring is 1. The summed E-state index contributed by atoms with van der Waals surface area (Å²) in [5.41, 5.74) is 4.04. The number of aliphatic hydroxyl groups is 1. The molecule has 8 heterocycles. The van der Waals surface area contributed by atoms with E-state index in [0.717, 1.165) is 19.3 Å². The van der Waals surface area contributed by atoms with Crippen molar-refractivity contribution in [1.82, 2.24) is 38.2 Å². The van der Waals surface area contributed by atoms with E-state index in [4.69, 9.17) is 62.6 Å². The van der Waals surface area contributed by atoms with Crippen LogP contribution >= 0.6 is 0 Å². The molecule has 2 amide bonds. The molecule has 0 unspecified atom stereocenters. The number of amides is 2. The number of aromatic amines is 1. The van der Waals surface area contributed by atoms with E-state index < -0.39 is 65.4 Å². The van der Waals surface area contributed by atoms with Gasteiger partial charge in [-0.3, -0.25) is 37.6 Å². The van der Waals surface area contributed by atoms with Gasteiger partial charge in [0.1, 0.15) is 41.9 Å². The van der Waals surface area contributed by atoms with Crippen molar-refractivity contribution < 1.29 is 107 Å². The molecule has 4 aromatic heterocycles. The molecule has 4 saturated heterocycles. The Labute approximate surface area is 620 Å². The van der Waals surface area contributed by atoms with Crippen molar-refractivity contribution >= 4 is 29.3 Å². The molecule has 16 atom stereocenters. The van der Waals surface area contributed by atoms with Crippen LogP contribution in [0.2, 0.25) is 0 Å². The Morgan fingerprint density at radius 2 is 0.786 bits per heavy atom. The second kappa shape index (κ2) is 44.7. The molecule has 0 saturated carbocycles. The third kappa shape index (κ3) is 24.0. The normalized spacial score (nSPS) is 25.2. The minimum absolute atomic E-state index is 0. The first-order valence-corrected chi connectivity index (χ1v) is 33.5. The van der Waals surface area contributed by atoms with Gasteiger partial charge in [0, 0.05) is 94.1 Å². The maximum Gasteiger partial charge on any atom is 1.00 e. The Balaban J connectivity index is 0.000000291. The maximum absolute atomic E-state index is 12.7. The SMILES string of the molecule is C.CC[C@H]1O[C@@H](n2ccc(=O)[nH]c2=O)[C@H](OCCOC)[C@@H]1C.CC[C@H]1O[C@@H](n2ccc(N)nc2=O)[C@H](OCCOC)[C@@H]1C.CC[C@H]1O[C@@H](n2ccc(NC(=O)c3ccccc3)nc2=O)[C@H](OCCOC)[C@@H]1C.COCCO[C@@H]1[C@H](C)[C@@H](CO)O[C@H]1n1ccc(NC(=O)c2ccccc2)nc1=O.[Na+].[OH-]. The fourth-order valence-electron chi connectivity index (χ4n) is 12.1. The molecule has 10 rings (SSSR count). The second-order valence-corrected chi connectivity index (χ2v) is 24.1. The van der Waals surface area contributed by atoms with Crippen molar-refractivity contribution in [3.8, 4) is 0 Å². The van der Waals surface area contributed by atoms with E-state index >= 15 is 0 Å². The summed E-state index contributed by atoms with van der Waals surface area (Å²) in [6, 6.07) is 23.4. The van der Waals surface area contributed by atoms with Crippen LogP contribution in [0.25, 0.3) is 0 Å². The first-order chi connectivity index (χ1) is 48.2. The summed E-state index contributed by atoms with van der Waals surface area (Å²) in [4.78, 5) is 98.9. The van der Waals surface area contributed by atoms with Crippen LogP contribution in [0.3, 0.4) is 0 Å².